The minimum Gasteiger partial charge on any atom is -0.488 e. The van der Waals surface area contributed by atoms with Gasteiger partial charge in [0.05, 0.1) is 12.7 Å². The van der Waals surface area contributed by atoms with Crippen LogP contribution in [0.15, 0.2) is 42.0 Å². The van der Waals surface area contributed by atoms with Crippen LogP contribution in [0.25, 0.3) is 5.57 Å². The molecule has 2 aromatic rings. The number of benzene rings is 2. The number of hydrogen-bond acceptors (Lipinski definition) is 3. The summed E-state index contributed by atoms with van der Waals surface area (Å²) in [7, 11) is 0. The minimum absolute atomic E-state index is 0.0884. The molecule has 3 saturated carbocycles. The van der Waals surface area contributed by atoms with Crippen LogP contribution in [0.1, 0.15) is 61.8 Å². The molecule has 3 nitrogen and oxygen atoms in total. The molecule has 0 radical (unpaired) electrons. The first-order valence-electron chi connectivity index (χ1n) is 13.5. The van der Waals surface area contributed by atoms with E-state index in [0.717, 1.165) is 38.0 Å². The Morgan fingerprint density at radius 1 is 1.06 bits per heavy atom. The Bertz CT molecular complexity index is 1200. The third kappa shape index (κ3) is 3.40. The monoisotopic (exact) mass is 494 g/mol. The highest BCUT2D eigenvalue weighted by molar-refractivity contribution is 5.79. The van der Waals surface area contributed by atoms with Gasteiger partial charge >= 0.3 is 0 Å². The van der Waals surface area contributed by atoms with Crippen molar-refractivity contribution in [1.29, 1.82) is 0 Å². The van der Waals surface area contributed by atoms with Crippen molar-refractivity contribution in [2.75, 3.05) is 26.3 Å². The van der Waals surface area contributed by atoms with E-state index < -0.39 is 11.6 Å². The van der Waals surface area contributed by atoms with Crippen LogP contribution in [0.4, 0.5) is 13.2 Å². The number of halogens is 3. The molecule has 4 fully saturated rings. The van der Waals surface area contributed by atoms with Gasteiger partial charge in [0.1, 0.15) is 23.5 Å². The smallest absolute Gasteiger partial charge is 0.134 e. The molecule has 2 atom stereocenters. The van der Waals surface area contributed by atoms with E-state index in [1.807, 2.05) is 0 Å². The zero-order valence-corrected chi connectivity index (χ0v) is 20.8. The molecule has 0 aromatic heterocycles. The molecule has 190 valence electrons. The van der Waals surface area contributed by atoms with Gasteiger partial charge < -0.3 is 4.74 Å². The molecule has 0 spiro atoms. The molecule has 2 bridgehead atoms. The van der Waals surface area contributed by atoms with Crippen molar-refractivity contribution >= 4 is 5.57 Å². The van der Waals surface area contributed by atoms with Crippen LogP contribution in [-0.2, 0) is 6.42 Å². The summed E-state index contributed by atoms with van der Waals surface area (Å²) in [5, 5.41) is 0. The predicted molar refractivity (Wildman–Crippen MR) is 134 cm³/mol. The van der Waals surface area contributed by atoms with Crippen molar-refractivity contribution in [2.24, 2.45) is 5.92 Å². The number of alkyl halides is 1. The maximum absolute atomic E-state index is 15.9. The van der Waals surface area contributed by atoms with Gasteiger partial charge in [-0.1, -0.05) is 24.3 Å². The second-order valence-electron chi connectivity index (χ2n) is 11.7. The van der Waals surface area contributed by atoms with Crippen LogP contribution in [0, 0.1) is 17.6 Å². The largest absolute Gasteiger partial charge is 0.488 e. The molecule has 1 saturated heterocycles. The lowest BCUT2D eigenvalue weighted by atomic mass is 9.48. The molecule has 0 amide bonds. The summed E-state index contributed by atoms with van der Waals surface area (Å²) in [6.07, 6.45) is 5.52. The van der Waals surface area contributed by atoms with Gasteiger partial charge in [-0.25, -0.2) is 8.78 Å². The van der Waals surface area contributed by atoms with Crippen LogP contribution < -0.4 is 4.74 Å². The van der Waals surface area contributed by atoms with Gasteiger partial charge in [0.15, 0.2) is 0 Å². The average molecular weight is 495 g/mol. The molecule has 6 aliphatic rings. The fourth-order valence-corrected chi connectivity index (χ4v) is 7.72. The second-order valence-corrected chi connectivity index (χ2v) is 11.7. The molecular formula is C30H33F3N2O. The highest BCUT2D eigenvalue weighted by Crippen LogP contribution is 2.65. The van der Waals surface area contributed by atoms with E-state index >= 15 is 8.78 Å². The van der Waals surface area contributed by atoms with Crippen molar-refractivity contribution < 1.29 is 17.9 Å². The van der Waals surface area contributed by atoms with Gasteiger partial charge in [0, 0.05) is 48.9 Å². The van der Waals surface area contributed by atoms with Gasteiger partial charge in [0.25, 0.3) is 0 Å². The van der Waals surface area contributed by atoms with Crippen molar-refractivity contribution in [3.8, 4) is 5.75 Å². The Labute approximate surface area is 210 Å². The normalized spacial score (nSPS) is 31.4. The Balaban J connectivity index is 1.22. The fraction of sp³-hybridized carbons (Fsp3) is 0.533. The van der Waals surface area contributed by atoms with Gasteiger partial charge in [-0.05, 0) is 73.6 Å². The molecule has 2 heterocycles. The lowest BCUT2D eigenvalue weighted by Crippen LogP contribution is -2.71. The predicted octanol–water partition coefficient (Wildman–Crippen LogP) is 6.09. The van der Waals surface area contributed by atoms with Crippen LogP contribution in [0.3, 0.4) is 0 Å². The summed E-state index contributed by atoms with van der Waals surface area (Å²) in [5.74, 6) is -0.00521. The number of ether oxygens (including phenoxy) is 1. The maximum atomic E-state index is 15.9. The van der Waals surface area contributed by atoms with E-state index in [1.165, 1.54) is 34.4 Å². The van der Waals surface area contributed by atoms with Crippen molar-refractivity contribution in [2.45, 2.75) is 69.2 Å². The highest BCUT2D eigenvalue weighted by atomic mass is 19.1. The third-order valence-electron chi connectivity index (χ3n) is 9.41. The summed E-state index contributed by atoms with van der Waals surface area (Å²) in [4.78, 5) is 4.58. The van der Waals surface area contributed by atoms with Gasteiger partial charge in [-0.2, -0.15) is 0 Å². The molecule has 2 aromatic carbocycles. The van der Waals surface area contributed by atoms with Crippen LogP contribution in [-0.4, -0.2) is 53.8 Å². The second kappa shape index (κ2) is 8.35. The number of rotatable bonds is 7. The molecule has 8 rings (SSSR count). The molecule has 36 heavy (non-hydrogen) atoms. The topological polar surface area (TPSA) is 15.7 Å². The Morgan fingerprint density at radius 2 is 1.78 bits per heavy atom. The molecule has 0 unspecified atom stereocenters. The van der Waals surface area contributed by atoms with E-state index in [9.17, 15) is 4.39 Å². The fourth-order valence-electron chi connectivity index (χ4n) is 7.72. The summed E-state index contributed by atoms with van der Waals surface area (Å²) in [6.45, 7) is 3.92. The zero-order chi connectivity index (χ0) is 24.6. The van der Waals surface area contributed by atoms with E-state index in [-0.39, 0.29) is 41.7 Å². The Morgan fingerprint density at radius 3 is 2.44 bits per heavy atom. The lowest BCUT2D eigenvalue weighted by Gasteiger charge is -2.70. The van der Waals surface area contributed by atoms with Crippen molar-refractivity contribution in [3.05, 3.63) is 70.3 Å². The van der Waals surface area contributed by atoms with Crippen LogP contribution in [0.2, 0.25) is 0 Å². The van der Waals surface area contributed by atoms with Gasteiger partial charge in [-0.3, -0.25) is 14.2 Å². The number of fused-ring (bicyclic) bond motifs is 2. The zero-order valence-electron chi connectivity index (χ0n) is 20.8. The Kier molecular flexibility index (Phi) is 5.30. The molecule has 0 N–H and O–H groups in total. The average Bonchev–Trinajstić information content (AvgIpc) is 3.12. The quantitative estimate of drug-likeness (QED) is 0.464. The molecular weight excluding hydrogens is 461 g/mol. The van der Waals surface area contributed by atoms with E-state index in [1.54, 1.807) is 0 Å². The van der Waals surface area contributed by atoms with E-state index in [0.29, 0.717) is 26.1 Å². The number of likely N-dealkylation sites (tertiary alicyclic amines) is 1. The first-order chi connectivity index (χ1) is 17.5. The third-order valence-corrected chi connectivity index (χ3v) is 9.41. The van der Waals surface area contributed by atoms with Crippen molar-refractivity contribution in [1.82, 2.24) is 9.80 Å². The first kappa shape index (κ1) is 22.9. The van der Waals surface area contributed by atoms with Gasteiger partial charge in [-0.15, -0.1) is 0 Å². The Hall–Kier alpha value is -2.31. The molecule has 6 heteroatoms. The van der Waals surface area contributed by atoms with E-state index in [2.05, 4.69) is 41.0 Å². The maximum Gasteiger partial charge on any atom is 0.134 e. The summed E-state index contributed by atoms with van der Waals surface area (Å²) >= 11 is 0. The highest BCUT2D eigenvalue weighted by Gasteiger charge is 2.63. The van der Waals surface area contributed by atoms with Gasteiger partial charge in [0.2, 0.25) is 0 Å². The molecule has 4 aliphatic carbocycles. The first-order valence-corrected chi connectivity index (χ1v) is 13.5. The summed E-state index contributed by atoms with van der Waals surface area (Å²) in [6, 6.07) is 11.0. The minimum atomic E-state index is -0.517. The molecule has 2 aliphatic heterocycles. The SMILES string of the molecule is C[C@@H]1CC2=C(Cc3ccccc32)[C@@H](c2c(F)cc(OC3CN(CCCF)C3)cc2F)N1C12CC(C1)C2. The summed E-state index contributed by atoms with van der Waals surface area (Å²) in [5.41, 5.74) is 5.25. The number of nitrogens with zero attached hydrogens (tertiary/aromatic N) is 2. The van der Waals surface area contributed by atoms with E-state index in [4.69, 9.17) is 4.74 Å². The standard InChI is InChI=1S/C30H33F3N2O/c1-18-9-24-23-6-3-2-5-20(23)10-25(24)29(35(18)30-13-19(14-30)15-30)28-26(32)11-21(12-27(28)33)36-22-16-34(17-22)8-4-7-31/h2-3,5-6,11-12,18-19,22,29H,4,7-10,13-17H2,1H3/t18-,19?,29+,30?/m1/s1. The van der Waals surface area contributed by atoms with Crippen molar-refractivity contribution in [3.63, 3.8) is 0 Å². The number of hydrogen-bond donors (Lipinski definition) is 0. The summed E-state index contributed by atoms with van der Waals surface area (Å²) < 4.78 is 50.1. The van der Waals surface area contributed by atoms with Crippen LogP contribution in [0.5, 0.6) is 5.75 Å². The lowest BCUT2D eigenvalue weighted by molar-refractivity contribution is -0.173. The van der Waals surface area contributed by atoms with Crippen LogP contribution >= 0.6 is 0 Å².